The first-order chi connectivity index (χ1) is 7.09. The van der Waals surface area contributed by atoms with Gasteiger partial charge < -0.3 is 4.42 Å². The van der Waals surface area contributed by atoms with E-state index in [2.05, 4.69) is 0 Å². The van der Waals surface area contributed by atoms with Crippen LogP contribution in [-0.2, 0) is 0 Å². The average molecular weight is 202 g/mol. The molecule has 0 spiro atoms. The third-order valence-electron chi connectivity index (χ3n) is 2.61. The van der Waals surface area contributed by atoms with Crippen molar-refractivity contribution in [3.05, 3.63) is 45.8 Å². The van der Waals surface area contributed by atoms with Crippen molar-refractivity contribution in [1.82, 2.24) is 0 Å². The van der Waals surface area contributed by atoms with Crippen molar-refractivity contribution in [3.8, 4) is 0 Å². The summed E-state index contributed by atoms with van der Waals surface area (Å²) in [5, 5.41) is 0.998. The van der Waals surface area contributed by atoms with Gasteiger partial charge in [0.15, 0.2) is 0 Å². The zero-order chi connectivity index (χ0) is 11.0. The molecule has 0 saturated heterocycles. The van der Waals surface area contributed by atoms with Crippen LogP contribution in [0, 0.1) is 6.92 Å². The minimum Gasteiger partial charge on any atom is -0.422 e. The second kappa shape index (κ2) is 3.54. The largest absolute Gasteiger partial charge is 0.422 e. The Kier molecular flexibility index (Phi) is 2.35. The first-order valence-corrected chi connectivity index (χ1v) is 5.13. The molecule has 0 atom stereocenters. The van der Waals surface area contributed by atoms with Crippen LogP contribution in [0.1, 0.15) is 30.9 Å². The highest BCUT2D eigenvalue weighted by Crippen LogP contribution is 2.20. The van der Waals surface area contributed by atoms with Crippen molar-refractivity contribution in [2.75, 3.05) is 0 Å². The number of benzene rings is 1. The lowest BCUT2D eigenvalue weighted by Gasteiger charge is -2.05. The molecule has 78 valence electrons. The predicted molar refractivity (Wildman–Crippen MR) is 61.3 cm³/mol. The Bertz CT molecular complexity index is 550. The molecule has 0 aliphatic carbocycles. The predicted octanol–water partition coefficient (Wildman–Crippen LogP) is 3.22. The molecule has 0 fully saturated rings. The molecule has 0 unspecified atom stereocenters. The van der Waals surface area contributed by atoms with Crippen LogP contribution >= 0.6 is 0 Å². The molecule has 0 bridgehead atoms. The van der Waals surface area contributed by atoms with Gasteiger partial charge in [-0.2, -0.15) is 0 Å². The highest BCUT2D eigenvalue weighted by Gasteiger charge is 2.09. The fraction of sp³-hybridized carbons (Fsp3) is 0.308. The number of hydrogen-bond donors (Lipinski definition) is 0. The summed E-state index contributed by atoms with van der Waals surface area (Å²) in [4.78, 5) is 11.7. The number of para-hydroxylation sites is 1. The molecule has 0 aliphatic heterocycles. The van der Waals surface area contributed by atoms with Crippen LogP contribution < -0.4 is 5.63 Å². The maximum atomic E-state index is 11.7. The van der Waals surface area contributed by atoms with Gasteiger partial charge >= 0.3 is 5.63 Å². The average Bonchev–Trinajstić information content (AvgIpc) is 2.18. The van der Waals surface area contributed by atoms with E-state index < -0.39 is 0 Å². The normalized spacial score (nSPS) is 11.2. The van der Waals surface area contributed by atoms with Gasteiger partial charge in [0, 0.05) is 10.9 Å². The Labute approximate surface area is 88.5 Å². The van der Waals surface area contributed by atoms with Gasteiger partial charge in [0.1, 0.15) is 5.58 Å². The third kappa shape index (κ3) is 1.67. The molecule has 1 aromatic heterocycles. The summed E-state index contributed by atoms with van der Waals surface area (Å²) in [5.41, 5.74) is 2.23. The van der Waals surface area contributed by atoms with E-state index in [-0.39, 0.29) is 11.5 Å². The molecule has 1 aromatic carbocycles. The fourth-order valence-electron chi connectivity index (χ4n) is 1.71. The Hall–Kier alpha value is -1.57. The maximum absolute atomic E-state index is 11.7. The molecule has 0 N–H and O–H groups in total. The Morgan fingerprint density at radius 1 is 1.27 bits per heavy atom. The van der Waals surface area contributed by atoms with Gasteiger partial charge in [-0.1, -0.05) is 32.0 Å². The fourth-order valence-corrected chi connectivity index (χ4v) is 1.71. The molecule has 0 saturated carbocycles. The van der Waals surface area contributed by atoms with E-state index in [0.29, 0.717) is 5.58 Å². The number of rotatable bonds is 1. The number of aryl methyl sites for hydroxylation is 1. The zero-order valence-electron chi connectivity index (χ0n) is 9.20. The summed E-state index contributed by atoms with van der Waals surface area (Å²) in [6.45, 7) is 5.93. The zero-order valence-corrected chi connectivity index (χ0v) is 9.20. The highest BCUT2D eigenvalue weighted by molar-refractivity contribution is 5.79. The van der Waals surface area contributed by atoms with Crippen LogP contribution in [0.3, 0.4) is 0 Å². The molecule has 15 heavy (non-hydrogen) atoms. The van der Waals surface area contributed by atoms with E-state index in [1.54, 1.807) is 0 Å². The van der Waals surface area contributed by atoms with Crippen LogP contribution in [0.5, 0.6) is 0 Å². The van der Waals surface area contributed by atoms with Gasteiger partial charge in [-0.15, -0.1) is 0 Å². The molecule has 2 aromatic rings. The van der Waals surface area contributed by atoms with Crippen molar-refractivity contribution in [3.63, 3.8) is 0 Å². The van der Waals surface area contributed by atoms with E-state index in [4.69, 9.17) is 4.42 Å². The van der Waals surface area contributed by atoms with Crippen molar-refractivity contribution < 1.29 is 4.42 Å². The number of hydrogen-bond acceptors (Lipinski definition) is 2. The smallest absolute Gasteiger partial charge is 0.339 e. The highest BCUT2D eigenvalue weighted by atomic mass is 16.4. The molecule has 2 nitrogen and oxygen atoms in total. The van der Waals surface area contributed by atoms with E-state index in [1.807, 2.05) is 45.0 Å². The SMILES string of the molecule is Cc1cccc2cc(C(C)C)c(=O)oc12. The molecule has 1 heterocycles. The van der Waals surface area contributed by atoms with E-state index in [9.17, 15) is 4.79 Å². The van der Waals surface area contributed by atoms with Gasteiger partial charge in [-0.05, 0) is 24.5 Å². The molecular weight excluding hydrogens is 188 g/mol. The van der Waals surface area contributed by atoms with Gasteiger partial charge in [0.2, 0.25) is 0 Å². The lowest BCUT2D eigenvalue weighted by Crippen LogP contribution is -2.08. The van der Waals surface area contributed by atoms with E-state index in [0.717, 1.165) is 16.5 Å². The van der Waals surface area contributed by atoms with Crippen molar-refractivity contribution in [2.45, 2.75) is 26.7 Å². The topological polar surface area (TPSA) is 30.2 Å². The summed E-state index contributed by atoms with van der Waals surface area (Å²) >= 11 is 0. The van der Waals surface area contributed by atoms with Gasteiger partial charge in [0.25, 0.3) is 0 Å². The summed E-state index contributed by atoms with van der Waals surface area (Å²) < 4.78 is 5.33. The molecule has 0 radical (unpaired) electrons. The minimum atomic E-state index is -0.216. The lowest BCUT2D eigenvalue weighted by atomic mass is 10.0. The molecule has 0 aliphatic rings. The minimum absolute atomic E-state index is 0.200. The monoisotopic (exact) mass is 202 g/mol. The lowest BCUT2D eigenvalue weighted by molar-refractivity contribution is 0.542. The Morgan fingerprint density at radius 3 is 2.67 bits per heavy atom. The third-order valence-corrected chi connectivity index (χ3v) is 2.61. The molecule has 0 amide bonds. The van der Waals surface area contributed by atoms with E-state index >= 15 is 0 Å². The van der Waals surface area contributed by atoms with Crippen LogP contribution in [0.2, 0.25) is 0 Å². The van der Waals surface area contributed by atoms with Crippen LogP contribution in [0.4, 0.5) is 0 Å². The van der Waals surface area contributed by atoms with Gasteiger partial charge in [-0.3, -0.25) is 0 Å². The molecule has 2 rings (SSSR count). The van der Waals surface area contributed by atoms with Crippen LogP contribution in [0.15, 0.2) is 33.5 Å². The van der Waals surface area contributed by atoms with Crippen molar-refractivity contribution in [2.24, 2.45) is 0 Å². The Morgan fingerprint density at radius 2 is 2.00 bits per heavy atom. The molecule has 2 heteroatoms. The summed E-state index contributed by atoms with van der Waals surface area (Å²) in [6.07, 6.45) is 0. The van der Waals surface area contributed by atoms with Crippen molar-refractivity contribution in [1.29, 1.82) is 0 Å². The summed E-state index contributed by atoms with van der Waals surface area (Å²) in [7, 11) is 0. The van der Waals surface area contributed by atoms with E-state index in [1.165, 1.54) is 0 Å². The first kappa shape index (κ1) is 9.97. The number of fused-ring (bicyclic) bond motifs is 1. The molecular formula is C13H14O2. The maximum Gasteiger partial charge on any atom is 0.339 e. The summed E-state index contributed by atoms with van der Waals surface area (Å²) in [6, 6.07) is 7.82. The van der Waals surface area contributed by atoms with Crippen molar-refractivity contribution >= 4 is 11.0 Å². The summed E-state index contributed by atoms with van der Waals surface area (Å²) in [5.74, 6) is 0.200. The van der Waals surface area contributed by atoms with Gasteiger partial charge in [-0.25, -0.2) is 4.79 Å². The second-order valence-corrected chi connectivity index (χ2v) is 4.14. The Balaban J connectivity index is 2.82. The standard InChI is InChI=1S/C13H14O2/c1-8(2)11-7-10-6-4-5-9(3)12(10)15-13(11)14/h4-8H,1-3H3. The second-order valence-electron chi connectivity index (χ2n) is 4.14. The van der Waals surface area contributed by atoms with Gasteiger partial charge in [0.05, 0.1) is 0 Å². The van der Waals surface area contributed by atoms with Crippen LogP contribution in [0.25, 0.3) is 11.0 Å². The quantitative estimate of drug-likeness (QED) is 0.664. The first-order valence-electron chi connectivity index (χ1n) is 5.13. The van der Waals surface area contributed by atoms with Crippen LogP contribution in [-0.4, -0.2) is 0 Å².